The van der Waals surface area contributed by atoms with Crippen LogP contribution in [0.3, 0.4) is 0 Å². The van der Waals surface area contributed by atoms with Crippen molar-refractivity contribution in [1.29, 1.82) is 0 Å². The molecule has 0 bridgehead atoms. The van der Waals surface area contributed by atoms with Gasteiger partial charge in [-0.05, 0) is 42.3 Å². The molecule has 2 aromatic rings. The minimum absolute atomic E-state index is 0.0659. The second-order valence-electron chi connectivity index (χ2n) is 4.20. The molecule has 0 heterocycles. The number of hydrogen-bond donors (Lipinski definition) is 0. The van der Waals surface area contributed by atoms with Gasteiger partial charge in [0, 0.05) is 11.6 Å². The monoisotopic (exact) mass is 271 g/mol. The van der Waals surface area contributed by atoms with E-state index in [1.807, 2.05) is 6.92 Å². The predicted octanol–water partition coefficient (Wildman–Crippen LogP) is 3.76. The Hall–Kier alpha value is -2.69. The number of nitrogens with zero attached hydrogens (tertiary/aromatic N) is 1. The first kappa shape index (κ1) is 13.7. The lowest BCUT2D eigenvalue weighted by Gasteiger charge is -2.07. The number of nitro benzene ring substituents is 1. The number of aldehydes is 1. The van der Waals surface area contributed by atoms with Gasteiger partial charge in [0.1, 0.15) is 12.0 Å². The Balaban J connectivity index is 2.31. The smallest absolute Gasteiger partial charge is 0.311 e. The van der Waals surface area contributed by atoms with Crippen LogP contribution in [0.4, 0.5) is 5.69 Å². The van der Waals surface area contributed by atoms with E-state index in [2.05, 4.69) is 0 Å². The molecule has 0 saturated heterocycles. The quantitative estimate of drug-likeness (QED) is 0.471. The van der Waals surface area contributed by atoms with Gasteiger partial charge in [0.05, 0.1) is 4.92 Å². The normalized spacial score (nSPS) is 10.1. The van der Waals surface area contributed by atoms with Crippen LogP contribution in [0.2, 0.25) is 0 Å². The lowest BCUT2D eigenvalue weighted by Crippen LogP contribution is -1.95. The predicted molar refractivity (Wildman–Crippen MR) is 74.4 cm³/mol. The van der Waals surface area contributed by atoms with E-state index in [-0.39, 0.29) is 11.4 Å². The highest BCUT2D eigenvalue weighted by atomic mass is 16.6. The second-order valence-corrected chi connectivity index (χ2v) is 4.20. The first-order valence-electron chi connectivity index (χ1n) is 6.14. The SMILES string of the molecule is CCc1ccc(Oc2ccc(C=O)cc2)c([N+](=O)[O-])c1. The molecule has 0 aliphatic carbocycles. The first-order chi connectivity index (χ1) is 9.63. The zero-order chi connectivity index (χ0) is 14.5. The Morgan fingerprint density at radius 2 is 1.90 bits per heavy atom. The molecular weight excluding hydrogens is 258 g/mol. The highest BCUT2D eigenvalue weighted by Gasteiger charge is 2.16. The van der Waals surface area contributed by atoms with Crippen molar-refractivity contribution in [3.8, 4) is 11.5 Å². The van der Waals surface area contributed by atoms with E-state index in [1.165, 1.54) is 6.07 Å². The molecule has 0 radical (unpaired) electrons. The number of benzene rings is 2. The zero-order valence-electron chi connectivity index (χ0n) is 10.9. The van der Waals surface area contributed by atoms with Crippen LogP contribution in [0.5, 0.6) is 11.5 Å². The van der Waals surface area contributed by atoms with Crippen molar-refractivity contribution in [3.05, 3.63) is 63.7 Å². The fourth-order valence-corrected chi connectivity index (χ4v) is 1.75. The van der Waals surface area contributed by atoms with Crippen LogP contribution in [-0.2, 0) is 6.42 Å². The van der Waals surface area contributed by atoms with Crippen molar-refractivity contribution in [3.63, 3.8) is 0 Å². The third-order valence-electron chi connectivity index (χ3n) is 2.87. The van der Waals surface area contributed by atoms with Crippen LogP contribution in [0.1, 0.15) is 22.8 Å². The molecule has 102 valence electrons. The molecule has 0 saturated carbocycles. The highest BCUT2D eigenvalue weighted by molar-refractivity contribution is 5.74. The summed E-state index contributed by atoms with van der Waals surface area (Å²) in [5.41, 5.74) is 1.33. The van der Waals surface area contributed by atoms with Gasteiger partial charge in [-0.3, -0.25) is 14.9 Å². The number of hydrogen-bond acceptors (Lipinski definition) is 4. The van der Waals surface area contributed by atoms with Gasteiger partial charge in [0.25, 0.3) is 0 Å². The summed E-state index contributed by atoms with van der Waals surface area (Å²) in [4.78, 5) is 21.2. The minimum atomic E-state index is -0.464. The Morgan fingerprint density at radius 3 is 2.45 bits per heavy atom. The average Bonchev–Trinajstić information content (AvgIpc) is 2.48. The van der Waals surface area contributed by atoms with Crippen molar-refractivity contribution < 1.29 is 14.5 Å². The number of nitro groups is 1. The lowest BCUT2D eigenvalue weighted by atomic mass is 10.1. The molecule has 0 aromatic heterocycles. The van der Waals surface area contributed by atoms with E-state index in [4.69, 9.17) is 4.74 Å². The second kappa shape index (κ2) is 5.97. The molecule has 0 N–H and O–H groups in total. The van der Waals surface area contributed by atoms with E-state index in [1.54, 1.807) is 36.4 Å². The molecule has 0 atom stereocenters. The number of carbonyl (C=O) groups is 1. The first-order valence-corrected chi connectivity index (χ1v) is 6.14. The van der Waals surface area contributed by atoms with E-state index in [0.717, 1.165) is 18.3 Å². The van der Waals surface area contributed by atoms with E-state index >= 15 is 0 Å². The molecule has 2 rings (SSSR count). The summed E-state index contributed by atoms with van der Waals surface area (Å²) in [6.45, 7) is 1.93. The summed E-state index contributed by atoms with van der Waals surface area (Å²) in [5.74, 6) is 0.633. The topological polar surface area (TPSA) is 69.4 Å². The molecule has 0 aliphatic rings. The van der Waals surface area contributed by atoms with Crippen LogP contribution in [-0.4, -0.2) is 11.2 Å². The van der Waals surface area contributed by atoms with Crippen molar-refractivity contribution >= 4 is 12.0 Å². The van der Waals surface area contributed by atoms with Crippen LogP contribution in [0.15, 0.2) is 42.5 Å². The largest absolute Gasteiger partial charge is 0.450 e. The van der Waals surface area contributed by atoms with Crippen LogP contribution >= 0.6 is 0 Å². The number of aryl methyl sites for hydroxylation is 1. The van der Waals surface area contributed by atoms with Crippen molar-refractivity contribution in [2.75, 3.05) is 0 Å². The summed E-state index contributed by atoms with van der Waals surface area (Å²) in [6, 6.07) is 11.3. The number of ether oxygens (including phenoxy) is 1. The van der Waals surface area contributed by atoms with Gasteiger partial charge in [-0.2, -0.15) is 0 Å². The minimum Gasteiger partial charge on any atom is -0.450 e. The third kappa shape index (κ3) is 3.00. The Labute approximate surface area is 116 Å². The Morgan fingerprint density at radius 1 is 1.20 bits per heavy atom. The van der Waals surface area contributed by atoms with Gasteiger partial charge in [0.15, 0.2) is 0 Å². The van der Waals surface area contributed by atoms with Gasteiger partial charge < -0.3 is 4.74 Å². The van der Waals surface area contributed by atoms with Gasteiger partial charge in [-0.1, -0.05) is 13.0 Å². The Bertz CT molecular complexity index is 635. The van der Waals surface area contributed by atoms with Gasteiger partial charge in [-0.15, -0.1) is 0 Å². The molecule has 0 fully saturated rings. The molecule has 2 aromatic carbocycles. The van der Waals surface area contributed by atoms with E-state index < -0.39 is 4.92 Å². The summed E-state index contributed by atoms with van der Waals surface area (Å²) in [6.07, 6.45) is 1.44. The summed E-state index contributed by atoms with van der Waals surface area (Å²) < 4.78 is 5.51. The number of carbonyl (C=O) groups excluding carboxylic acids is 1. The van der Waals surface area contributed by atoms with E-state index in [0.29, 0.717) is 11.3 Å². The van der Waals surface area contributed by atoms with Crippen molar-refractivity contribution in [2.24, 2.45) is 0 Å². The van der Waals surface area contributed by atoms with Crippen molar-refractivity contribution in [1.82, 2.24) is 0 Å². The maximum absolute atomic E-state index is 11.1. The van der Waals surface area contributed by atoms with Crippen LogP contribution < -0.4 is 4.74 Å². The maximum Gasteiger partial charge on any atom is 0.311 e. The van der Waals surface area contributed by atoms with Crippen molar-refractivity contribution in [2.45, 2.75) is 13.3 Å². The van der Waals surface area contributed by atoms with Gasteiger partial charge in [0.2, 0.25) is 5.75 Å². The number of rotatable bonds is 5. The zero-order valence-corrected chi connectivity index (χ0v) is 10.9. The lowest BCUT2D eigenvalue weighted by molar-refractivity contribution is -0.385. The third-order valence-corrected chi connectivity index (χ3v) is 2.87. The fourth-order valence-electron chi connectivity index (χ4n) is 1.75. The molecular formula is C15H13NO4. The maximum atomic E-state index is 11.1. The van der Waals surface area contributed by atoms with Gasteiger partial charge >= 0.3 is 5.69 Å². The summed E-state index contributed by atoms with van der Waals surface area (Å²) >= 11 is 0. The molecule has 5 nitrogen and oxygen atoms in total. The van der Waals surface area contributed by atoms with Gasteiger partial charge in [-0.25, -0.2) is 0 Å². The summed E-state index contributed by atoms with van der Waals surface area (Å²) in [7, 11) is 0. The highest BCUT2D eigenvalue weighted by Crippen LogP contribution is 2.32. The van der Waals surface area contributed by atoms with E-state index in [9.17, 15) is 14.9 Å². The molecule has 0 amide bonds. The molecule has 5 heteroatoms. The fraction of sp³-hybridized carbons (Fsp3) is 0.133. The van der Waals surface area contributed by atoms with Crippen LogP contribution in [0, 0.1) is 10.1 Å². The molecule has 20 heavy (non-hydrogen) atoms. The van der Waals surface area contributed by atoms with Crippen LogP contribution in [0.25, 0.3) is 0 Å². The molecule has 0 aliphatic heterocycles. The Kier molecular flexibility index (Phi) is 4.10. The summed E-state index contributed by atoms with van der Waals surface area (Å²) in [5, 5.41) is 11.1. The average molecular weight is 271 g/mol. The molecule has 0 spiro atoms. The standard InChI is InChI=1S/C15H13NO4/c1-2-11-5-8-15(14(9-11)16(18)19)20-13-6-3-12(10-17)4-7-13/h3-10H,2H2,1H3. The molecule has 0 unspecified atom stereocenters.